The van der Waals surface area contributed by atoms with Crippen LogP contribution in [0.1, 0.15) is 25.8 Å². The van der Waals surface area contributed by atoms with Crippen LogP contribution in [0.2, 0.25) is 5.02 Å². The van der Waals surface area contributed by atoms with Crippen molar-refractivity contribution in [3.05, 3.63) is 47.2 Å². The Labute approximate surface area is 203 Å². The highest BCUT2D eigenvalue weighted by molar-refractivity contribution is 7.53. The predicted octanol–water partition coefficient (Wildman–Crippen LogP) is 5.94. The van der Waals surface area contributed by atoms with Gasteiger partial charge in [-0.3, -0.25) is 9.55 Å². The molecular formula is C23H26ClN4O5P. The third-order valence-corrected chi connectivity index (χ3v) is 7.13. The van der Waals surface area contributed by atoms with Gasteiger partial charge in [-0.2, -0.15) is 5.26 Å². The van der Waals surface area contributed by atoms with E-state index in [-0.39, 0.29) is 12.8 Å². The normalized spacial score (nSPS) is 11.3. The lowest BCUT2D eigenvalue weighted by Gasteiger charge is -2.18. The molecule has 0 amide bonds. The second-order valence-electron chi connectivity index (χ2n) is 7.04. The van der Waals surface area contributed by atoms with Crippen molar-refractivity contribution in [2.45, 2.75) is 20.3 Å². The van der Waals surface area contributed by atoms with E-state index >= 15 is 0 Å². The van der Waals surface area contributed by atoms with Crippen LogP contribution in [0.25, 0.3) is 10.9 Å². The molecule has 2 heterocycles. The second-order valence-corrected chi connectivity index (χ2v) is 9.66. The zero-order chi connectivity index (χ0) is 24.6. The summed E-state index contributed by atoms with van der Waals surface area (Å²) in [5, 5.41) is 14.0. The van der Waals surface area contributed by atoms with Crippen molar-refractivity contribution in [3.63, 3.8) is 0 Å². The first-order valence-corrected chi connectivity index (χ1v) is 12.8. The largest absolute Gasteiger partial charge is 0.493 e. The van der Waals surface area contributed by atoms with Crippen molar-refractivity contribution in [2.75, 3.05) is 38.4 Å². The average molecular weight is 505 g/mol. The van der Waals surface area contributed by atoms with Crippen molar-refractivity contribution in [3.8, 4) is 17.6 Å². The van der Waals surface area contributed by atoms with E-state index < -0.39 is 7.60 Å². The van der Waals surface area contributed by atoms with Crippen LogP contribution in [-0.2, 0) is 13.6 Å². The summed E-state index contributed by atoms with van der Waals surface area (Å²) < 4.78 is 34.7. The molecule has 0 aliphatic carbocycles. The summed E-state index contributed by atoms with van der Waals surface area (Å²) in [4.78, 5) is 8.62. The molecule has 3 rings (SSSR count). The van der Waals surface area contributed by atoms with E-state index in [1.54, 1.807) is 38.1 Å². The monoisotopic (exact) mass is 504 g/mol. The lowest BCUT2D eigenvalue weighted by atomic mass is 10.1. The van der Waals surface area contributed by atoms with Crippen molar-refractivity contribution in [2.24, 2.45) is 0 Å². The van der Waals surface area contributed by atoms with Gasteiger partial charge in [-0.15, -0.1) is 0 Å². The fourth-order valence-corrected chi connectivity index (χ4v) is 5.02. The van der Waals surface area contributed by atoms with Crippen LogP contribution >= 0.6 is 19.2 Å². The molecule has 0 saturated carbocycles. The number of rotatable bonds is 12. The van der Waals surface area contributed by atoms with Gasteiger partial charge in [0.2, 0.25) is 0 Å². The quantitative estimate of drug-likeness (QED) is 0.236. The van der Waals surface area contributed by atoms with Crippen LogP contribution in [-0.4, -0.2) is 43.1 Å². The fourth-order valence-electron chi connectivity index (χ4n) is 3.27. The number of nitriles is 1. The summed E-state index contributed by atoms with van der Waals surface area (Å²) in [5.74, 6) is 1.47. The van der Waals surface area contributed by atoms with Crippen LogP contribution in [0, 0.1) is 11.3 Å². The van der Waals surface area contributed by atoms with E-state index in [1.807, 2.05) is 0 Å². The first-order valence-electron chi connectivity index (χ1n) is 10.7. The van der Waals surface area contributed by atoms with Gasteiger partial charge in [0, 0.05) is 23.8 Å². The van der Waals surface area contributed by atoms with Gasteiger partial charge < -0.3 is 23.8 Å². The number of aromatic nitrogens is 2. The Kier molecular flexibility index (Phi) is 9.08. The fraction of sp³-hybridized carbons (Fsp3) is 0.348. The van der Waals surface area contributed by atoms with Gasteiger partial charge in [0.25, 0.3) is 0 Å². The molecule has 180 valence electrons. The van der Waals surface area contributed by atoms with Gasteiger partial charge in [-0.1, -0.05) is 11.6 Å². The highest BCUT2D eigenvalue weighted by Crippen LogP contribution is 2.48. The number of hydrogen-bond acceptors (Lipinski definition) is 9. The van der Waals surface area contributed by atoms with Gasteiger partial charge in [0.15, 0.2) is 11.5 Å². The molecule has 34 heavy (non-hydrogen) atoms. The Bertz CT molecular complexity index is 1210. The first-order chi connectivity index (χ1) is 16.4. The smallest absolute Gasteiger partial charge is 0.330 e. The molecule has 0 fully saturated rings. The average Bonchev–Trinajstić information content (AvgIpc) is 2.83. The maximum absolute atomic E-state index is 12.6. The Morgan fingerprint density at radius 2 is 1.88 bits per heavy atom. The molecule has 0 bridgehead atoms. The molecule has 0 radical (unpaired) electrons. The number of benzene rings is 1. The number of hydrogen-bond donors (Lipinski definition) is 1. The summed E-state index contributed by atoms with van der Waals surface area (Å²) in [6.07, 6.45) is 3.69. The first kappa shape index (κ1) is 25.7. The number of anilines is 2. The Balaban J connectivity index is 1.87. The molecule has 9 nitrogen and oxygen atoms in total. The van der Waals surface area contributed by atoms with Crippen LogP contribution in [0.15, 0.2) is 36.7 Å². The van der Waals surface area contributed by atoms with Gasteiger partial charge >= 0.3 is 7.60 Å². The van der Waals surface area contributed by atoms with E-state index in [2.05, 4.69) is 21.4 Å². The van der Waals surface area contributed by atoms with E-state index in [4.69, 9.17) is 30.1 Å². The molecule has 3 aromatic rings. The van der Waals surface area contributed by atoms with Crippen molar-refractivity contribution in [1.82, 2.24) is 9.97 Å². The van der Waals surface area contributed by atoms with Gasteiger partial charge in [-0.05, 0) is 38.5 Å². The van der Waals surface area contributed by atoms with Gasteiger partial charge in [0.1, 0.15) is 11.9 Å². The minimum atomic E-state index is -3.14. The molecule has 0 atom stereocenters. The summed E-state index contributed by atoms with van der Waals surface area (Å²) >= 11 is 5.93. The highest BCUT2D eigenvalue weighted by Gasteiger charge is 2.23. The third kappa shape index (κ3) is 6.37. The lowest BCUT2D eigenvalue weighted by Crippen LogP contribution is -2.06. The molecule has 0 saturated heterocycles. The summed E-state index contributed by atoms with van der Waals surface area (Å²) in [7, 11) is -1.61. The highest BCUT2D eigenvalue weighted by atomic mass is 35.5. The van der Waals surface area contributed by atoms with Crippen LogP contribution in [0.4, 0.5) is 11.5 Å². The Morgan fingerprint density at radius 1 is 1.12 bits per heavy atom. The zero-order valence-electron chi connectivity index (χ0n) is 19.2. The van der Waals surface area contributed by atoms with Crippen LogP contribution in [0.3, 0.4) is 0 Å². The number of halogens is 1. The Morgan fingerprint density at radius 3 is 2.50 bits per heavy atom. The number of ether oxygens (including phenoxy) is 2. The molecular weight excluding hydrogens is 479 g/mol. The lowest BCUT2D eigenvalue weighted by molar-refractivity contribution is 0.216. The minimum Gasteiger partial charge on any atom is -0.493 e. The SMILES string of the molecule is CCOP(=O)(CCCOc1cc2c(Nc3ccc(Cl)cn3)c(C#N)cnc2cc1OC)OCC. The standard InChI is InChI=1S/C23H26ClN4O5P/c1-4-32-34(29,33-5-2)10-6-9-31-21-11-18-19(12-20(21)30-3)26-14-16(13-25)23(18)28-22-8-7-17(24)15-27-22/h7-8,11-12,14-15H,4-6,9-10H2,1-3H3,(H,26,27,28). The summed E-state index contributed by atoms with van der Waals surface area (Å²) in [5.41, 5.74) is 1.48. The maximum atomic E-state index is 12.6. The number of pyridine rings is 2. The van der Waals surface area contributed by atoms with Crippen molar-refractivity contribution in [1.29, 1.82) is 5.26 Å². The minimum absolute atomic E-state index is 0.236. The van der Waals surface area contributed by atoms with Gasteiger partial charge in [-0.25, -0.2) is 4.98 Å². The molecule has 1 N–H and O–H groups in total. The summed E-state index contributed by atoms with van der Waals surface area (Å²) in [6.45, 7) is 4.43. The Hall–Kier alpha value is -2.89. The maximum Gasteiger partial charge on any atom is 0.330 e. The molecule has 1 aromatic carbocycles. The van der Waals surface area contributed by atoms with Gasteiger partial charge in [0.05, 0.1) is 54.9 Å². The molecule has 0 aliphatic heterocycles. The summed E-state index contributed by atoms with van der Waals surface area (Å²) in [6, 6.07) is 9.05. The molecule has 11 heteroatoms. The predicted molar refractivity (Wildman–Crippen MR) is 131 cm³/mol. The van der Waals surface area contributed by atoms with Crippen LogP contribution < -0.4 is 14.8 Å². The number of nitrogens with zero attached hydrogens (tertiary/aromatic N) is 3. The molecule has 0 unspecified atom stereocenters. The molecule has 0 aliphatic rings. The van der Waals surface area contributed by atoms with E-state index in [0.29, 0.717) is 64.1 Å². The zero-order valence-corrected chi connectivity index (χ0v) is 20.9. The van der Waals surface area contributed by atoms with Crippen molar-refractivity contribution >= 4 is 41.6 Å². The van der Waals surface area contributed by atoms with E-state index in [0.717, 1.165) is 0 Å². The third-order valence-electron chi connectivity index (χ3n) is 4.74. The number of methoxy groups -OCH3 is 1. The topological polar surface area (TPSA) is 116 Å². The number of nitrogens with one attached hydrogen (secondary N) is 1. The van der Waals surface area contributed by atoms with Crippen molar-refractivity contribution < 1.29 is 23.1 Å². The number of fused-ring (bicyclic) bond motifs is 1. The van der Waals surface area contributed by atoms with E-state index in [9.17, 15) is 9.83 Å². The second kappa shape index (κ2) is 12.0. The molecule has 0 spiro atoms. The molecule has 2 aromatic heterocycles. The van der Waals surface area contributed by atoms with E-state index in [1.165, 1.54) is 19.5 Å². The van der Waals surface area contributed by atoms with Crippen LogP contribution in [0.5, 0.6) is 11.5 Å².